The predicted molar refractivity (Wildman–Crippen MR) is 106 cm³/mol. The van der Waals surface area contributed by atoms with Crippen molar-refractivity contribution in [1.82, 2.24) is 19.6 Å². The molecule has 4 aliphatic rings. The molecule has 1 N–H and O–H groups in total. The number of amidine groups is 1. The Morgan fingerprint density at radius 3 is 2.96 bits per heavy atom. The molecule has 0 spiro atoms. The Labute approximate surface area is 186 Å². The van der Waals surface area contributed by atoms with Crippen LogP contribution in [0.25, 0.3) is 6.08 Å². The molecule has 1 atom stereocenters. The molecular weight excluding hydrogens is 397 g/mol. The number of β-lactam (4-membered cyclic amide) rings is 1. The number of carboxylic acids is 1. The van der Waals surface area contributed by atoms with Crippen LogP contribution in [0.15, 0.2) is 27.7 Å². The summed E-state index contributed by atoms with van der Waals surface area (Å²) in [5.74, 6) is -0.275. The van der Waals surface area contributed by atoms with Gasteiger partial charge >= 0.3 is 35.5 Å². The van der Waals surface area contributed by atoms with Gasteiger partial charge in [0.15, 0.2) is 5.17 Å². The Hall–Kier alpha value is -1.20. The van der Waals surface area contributed by atoms with Crippen molar-refractivity contribution in [2.24, 2.45) is 4.99 Å². The van der Waals surface area contributed by atoms with Crippen molar-refractivity contribution in [1.29, 1.82) is 0 Å². The maximum absolute atomic E-state index is 12.3. The zero-order chi connectivity index (χ0) is 17.8. The summed E-state index contributed by atoms with van der Waals surface area (Å²) >= 11 is 3.14. The van der Waals surface area contributed by atoms with Gasteiger partial charge < -0.3 is 10.0 Å². The molecular formula is C16H16N5NaO3S2. The van der Waals surface area contributed by atoms with E-state index in [-0.39, 0.29) is 46.5 Å². The van der Waals surface area contributed by atoms with Gasteiger partial charge in [0.1, 0.15) is 11.1 Å². The first-order chi connectivity index (χ1) is 12.6. The number of amides is 1. The average molecular weight is 413 g/mol. The van der Waals surface area contributed by atoms with Crippen molar-refractivity contribution >= 4 is 76.2 Å². The maximum atomic E-state index is 12.3. The molecule has 1 aromatic heterocycles. The number of carboxylic acid groups (broad SMARTS) is 1. The zero-order valence-corrected chi connectivity index (χ0v) is 15.3. The molecule has 0 aromatic carbocycles. The molecule has 1 unspecified atom stereocenters. The molecule has 5 rings (SSSR count). The van der Waals surface area contributed by atoms with E-state index in [1.54, 1.807) is 17.8 Å². The Bertz CT molecular complexity index is 925. The number of nitrogens with zero attached hydrogens (tertiary/aromatic N) is 5. The second kappa shape index (κ2) is 7.32. The summed E-state index contributed by atoms with van der Waals surface area (Å²) < 4.78 is 1.98. The molecule has 0 aliphatic carbocycles. The SMILES string of the molecule is O=C(O)C1=CSC2/C(=C\c3cc4n(n3)CCN(C3=NCCS3)C4)C(=O)N12.[NaH]. The fraction of sp³-hybridized carbons (Fsp3) is 0.375. The number of aromatic nitrogens is 2. The summed E-state index contributed by atoms with van der Waals surface area (Å²) in [4.78, 5) is 31.6. The van der Waals surface area contributed by atoms with Gasteiger partial charge in [-0.1, -0.05) is 11.8 Å². The number of aliphatic imine (C=N–C) groups is 1. The fourth-order valence-corrected chi connectivity index (χ4v) is 5.47. The van der Waals surface area contributed by atoms with E-state index in [9.17, 15) is 9.59 Å². The van der Waals surface area contributed by atoms with E-state index in [1.807, 2.05) is 10.7 Å². The van der Waals surface area contributed by atoms with Gasteiger partial charge in [-0.05, 0) is 12.1 Å². The molecule has 136 valence electrons. The Kier molecular flexibility index (Phi) is 5.19. The van der Waals surface area contributed by atoms with E-state index >= 15 is 0 Å². The van der Waals surface area contributed by atoms with Crippen LogP contribution in [0.5, 0.6) is 0 Å². The summed E-state index contributed by atoms with van der Waals surface area (Å²) in [5, 5.41) is 16.1. The van der Waals surface area contributed by atoms with Crippen LogP contribution in [-0.2, 0) is 22.7 Å². The van der Waals surface area contributed by atoms with Gasteiger partial charge in [-0.3, -0.25) is 19.4 Å². The fourth-order valence-electron chi connectivity index (χ4n) is 3.46. The molecule has 1 fully saturated rings. The molecule has 1 amide bonds. The predicted octanol–water partition coefficient (Wildman–Crippen LogP) is 0.378. The van der Waals surface area contributed by atoms with E-state index < -0.39 is 5.97 Å². The summed E-state index contributed by atoms with van der Waals surface area (Å²) in [6.45, 7) is 3.33. The van der Waals surface area contributed by atoms with Gasteiger partial charge in [0.05, 0.1) is 36.6 Å². The molecule has 1 aromatic rings. The molecule has 11 heteroatoms. The van der Waals surface area contributed by atoms with Crippen molar-refractivity contribution in [2.45, 2.75) is 18.5 Å². The minimum absolute atomic E-state index is 0. The van der Waals surface area contributed by atoms with Crippen LogP contribution in [0, 0.1) is 0 Å². The normalized spacial score (nSPS) is 24.8. The van der Waals surface area contributed by atoms with Crippen molar-refractivity contribution < 1.29 is 14.7 Å². The van der Waals surface area contributed by atoms with Gasteiger partial charge in [0.2, 0.25) is 0 Å². The first-order valence-electron chi connectivity index (χ1n) is 8.25. The van der Waals surface area contributed by atoms with Crippen LogP contribution < -0.4 is 0 Å². The standard InChI is InChI=1S/C16H15N5O3S2.Na.H/c22-13-11(14-21(13)12(8-26-14)15(23)24)6-9-5-10-7-19(2-3-20(10)18-9)16-17-1-4-25-16;;/h5-6,8,14H,1-4,7H2,(H,23,24);;/b11-6-;;. The van der Waals surface area contributed by atoms with Gasteiger partial charge in [-0.25, -0.2) is 4.79 Å². The molecule has 0 bridgehead atoms. The second-order valence-electron chi connectivity index (χ2n) is 6.29. The summed E-state index contributed by atoms with van der Waals surface area (Å²) in [6.07, 6.45) is 1.78. The van der Waals surface area contributed by atoms with Gasteiger partial charge in [-0.2, -0.15) is 5.10 Å². The molecule has 4 aliphatic heterocycles. The van der Waals surface area contributed by atoms with E-state index in [4.69, 9.17) is 5.11 Å². The van der Waals surface area contributed by atoms with Crippen LogP contribution in [0.4, 0.5) is 0 Å². The number of hydrogen-bond donors (Lipinski definition) is 1. The Balaban J connectivity index is 0.00000180. The number of aliphatic carboxylic acids is 1. The van der Waals surface area contributed by atoms with Crippen molar-refractivity contribution in [3.63, 3.8) is 0 Å². The van der Waals surface area contributed by atoms with E-state index in [0.29, 0.717) is 5.57 Å². The third-order valence-corrected chi connectivity index (χ3v) is 6.83. The van der Waals surface area contributed by atoms with Crippen molar-refractivity contribution in [3.05, 3.63) is 34.1 Å². The van der Waals surface area contributed by atoms with Crippen molar-refractivity contribution in [2.75, 3.05) is 18.8 Å². The number of hydrogen-bond acceptors (Lipinski definition) is 7. The first-order valence-corrected chi connectivity index (χ1v) is 10.2. The summed E-state index contributed by atoms with van der Waals surface area (Å²) in [7, 11) is 0. The monoisotopic (exact) mass is 413 g/mol. The zero-order valence-electron chi connectivity index (χ0n) is 13.7. The third-order valence-electron chi connectivity index (χ3n) is 4.71. The van der Waals surface area contributed by atoms with Crippen molar-refractivity contribution in [3.8, 4) is 0 Å². The van der Waals surface area contributed by atoms with Crippen LogP contribution >= 0.6 is 23.5 Å². The Morgan fingerprint density at radius 1 is 1.37 bits per heavy atom. The molecule has 5 heterocycles. The quantitative estimate of drug-likeness (QED) is 0.426. The Morgan fingerprint density at radius 2 is 2.22 bits per heavy atom. The van der Waals surface area contributed by atoms with Crippen LogP contribution in [0.3, 0.4) is 0 Å². The van der Waals surface area contributed by atoms with E-state index in [2.05, 4.69) is 15.0 Å². The van der Waals surface area contributed by atoms with Crippen LogP contribution in [0.1, 0.15) is 11.4 Å². The number of carbonyl (C=O) groups excluding carboxylic acids is 1. The van der Waals surface area contributed by atoms with Gasteiger partial charge in [0, 0.05) is 17.7 Å². The topological polar surface area (TPSA) is 91.0 Å². The number of rotatable bonds is 2. The molecule has 0 radical (unpaired) electrons. The molecule has 27 heavy (non-hydrogen) atoms. The average Bonchev–Trinajstić information content (AvgIpc) is 3.35. The van der Waals surface area contributed by atoms with E-state index in [0.717, 1.165) is 48.5 Å². The number of carbonyl (C=O) groups is 2. The van der Waals surface area contributed by atoms with Crippen LogP contribution in [0.2, 0.25) is 0 Å². The van der Waals surface area contributed by atoms with Gasteiger partial charge in [0.25, 0.3) is 5.91 Å². The van der Waals surface area contributed by atoms with Gasteiger partial charge in [-0.15, -0.1) is 11.8 Å². The molecule has 1 saturated heterocycles. The van der Waals surface area contributed by atoms with E-state index in [1.165, 1.54) is 22.1 Å². The molecule has 8 nitrogen and oxygen atoms in total. The summed E-state index contributed by atoms with van der Waals surface area (Å²) in [6, 6.07) is 2.00. The minimum atomic E-state index is -1.07. The number of thioether (sulfide) groups is 2. The van der Waals surface area contributed by atoms with Crippen LogP contribution in [-0.4, -0.2) is 95.5 Å². The number of fused-ring (bicyclic) bond motifs is 2. The second-order valence-corrected chi connectivity index (χ2v) is 8.31. The first kappa shape index (κ1) is 19.1. The third kappa shape index (κ3) is 3.17. The summed E-state index contributed by atoms with van der Waals surface area (Å²) in [5.41, 5.74) is 2.50. The molecule has 0 saturated carbocycles.